The van der Waals surface area contributed by atoms with E-state index in [9.17, 15) is 8.42 Å². The van der Waals surface area contributed by atoms with Gasteiger partial charge in [0.2, 0.25) is 10.0 Å². The van der Waals surface area contributed by atoms with E-state index in [1.165, 1.54) is 0 Å². The highest BCUT2D eigenvalue weighted by Gasteiger charge is 2.31. The first kappa shape index (κ1) is 22.6. The first-order valence-corrected chi connectivity index (χ1v) is 13.0. The molecule has 0 radical (unpaired) electrons. The van der Waals surface area contributed by atoms with Crippen LogP contribution in [0, 0.1) is 20.8 Å². The SMILES string of the molecule is Cc1cc(C)c(S(=O)(=O)N2CCN(c3nc(-c4ccc(Cl)c(Cl)c4)cs3)CC2)c(C)c1. The van der Waals surface area contributed by atoms with Crippen molar-refractivity contribution in [2.45, 2.75) is 25.7 Å². The lowest BCUT2D eigenvalue weighted by molar-refractivity contribution is 0.384. The summed E-state index contributed by atoms with van der Waals surface area (Å²) in [5.41, 5.74) is 4.40. The summed E-state index contributed by atoms with van der Waals surface area (Å²) in [7, 11) is -3.53. The first-order chi connectivity index (χ1) is 14.7. The van der Waals surface area contributed by atoms with Crippen molar-refractivity contribution in [3.8, 4) is 11.3 Å². The van der Waals surface area contributed by atoms with Crippen LogP contribution in [0.2, 0.25) is 10.0 Å². The molecular weight excluding hydrogens is 473 g/mol. The van der Waals surface area contributed by atoms with Crippen LogP contribution >= 0.6 is 34.5 Å². The molecule has 1 aliphatic heterocycles. The molecule has 9 heteroatoms. The summed E-state index contributed by atoms with van der Waals surface area (Å²) in [5.74, 6) is 0. The Morgan fingerprint density at radius 3 is 2.19 bits per heavy atom. The monoisotopic (exact) mass is 495 g/mol. The number of aromatic nitrogens is 1. The number of piperazine rings is 1. The molecule has 0 aliphatic carbocycles. The van der Waals surface area contributed by atoms with Gasteiger partial charge in [0, 0.05) is 37.1 Å². The standard InChI is InChI=1S/C22H23Cl2N3O2S2/c1-14-10-15(2)21(16(3)11-14)31(28,29)27-8-6-26(7-9-27)22-25-20(13-30-22)17-4-5-18(23)19(24)12-17/h4-5,10-13H,6-9H2,1-3H3. The van der Waals surface area contributed by atoms with Crippen LogP contribution < -0.4 is 4.90 Å². The minimum absolute atomic E-state index is 0.427. The highest BCUT2D eigenvalue weighted by atomic mass is 35.5. The quantitative estimate of drug-likeness (QED) is 0.475. The summed E-state index contributed by atoms with van der Waals surface area (Å²) in [4.78, 5) is 7.30. The molecule has 0 N–H and O–H groups in total. The van der Waals surface area contributed by atoms with Gasteiger partial charge in [0.05, 0.1) is 20.6 Å². The smallest absolute Gasteiger partial charge is 0.243 e. The third kappa shape index (κ3) is 4.47. The molecule has 4 rings (SSSR count). The van der Waals surface area contributed by atoms with E-state index in [1.54, 1.807) is 27.8 Å². The van der Waals surface area contributed by atoms with Crippen LogP contribution in [0.4, 0.5) is 5.13 Å². The zero-order valence-electron chi connectivity index (χ0n) is 17.5. The molecule has 0 unspecified atom stereocenters. The molecule has 0 amide bonds. The van der Waals surface area contributed by atoms with Crippen molar-refractivity contribution in [3.05, 3.63) is 62.4 Å². The maximum absolute atomic E-state index is 13.3. The number of nitrogens with zero attached hydrogens (tertiary/aromatic N) is 3. The fourth-order valence-electron chi connectivity index (χ4n) is 4.02. The van der Waals surface area contributed by atoms with Crippen molar-refractivity contribution in [2.24, 2.45) is 0 Å². The molecule has 1 saturated heterocycles. The first-order valence-electron chi connectivity index (χ1n) is 9.90. The van der Waals surface area contributed by atoms with Crippen LogP contribution in [0.1, 0.15) is 16.7 Å². The van der Waals surface area contributed by atoms with E-state index in [4.69, 9.17) is 28.2 Å². The molecule has 0 atom stereocenters. The molecule has 2 heterocycles. The highest BCUT2D eigenvalue weighted by molar-refractivity contribution is 7.89. The van der Waals surface area contributed by atoms with Gasteiger partial charge in [-0.3, -0.25) is 0 Å². The maximum Gasteiger partial charge on any atom is 0.243 e. The van der Waals surface area contributed by atoms with Crippen molar-refractivity contribution < 1.29 is 8.42 Å². The van der Waals surface area contributed by atoms with Crippen LogP contribution in [-0.4, -0.2) is 43.9 Å². The second-order valence-electron chi connectivity index (χ2n) is 7.76. The van der Waals surface area contributed by atoms with Crippen LogP contribution in [-0.2, 0) is 10.0 Å². The molecule has 0 spiro atoms. The fourth-order valence-corrected chi connectivity index (χ4v) is 7.04. The second kappa shape index (κ2) is 8.71. The second-order valence-corrected chi connectivity index (χ2v) is 11.3. The van der Waals surface area contributed by atoms with Crippen molar-refractivity contribution in [3.63, 3.8) is 0 Å². The fraction of sp³-hybridized carbons (Fsp3) is 0.318. The molecule has 0 saturated carbocycles. The topological polar surface area (TPSA) is 53.5 Å². The minimum atomic E-state index is -3.53. The van der Waals surface area contributed by atoms with Crippen LogP contribution in [0.15, 0.2) is 40.6 Å². The van der Waals surface area contributed by atoms with Gasteiger partial charge in [-0.25, -0.2) is 13.4 Å². The van der Waals surface area contributed by atoms with E-state index in [0.717, 1.165) is 33.1 Å². The van der Waals surface area contributed by atoms with Gasteiger partial charge in [-0.1, -0.05) is 47.0 Å². The third-order valence-corrected chi connectivity index (χ3v) is 9.26. The van der Waals surface area contributed by atoms with Crippen LogP contribution in [0.25, 0.3) is 11.3 Å². The molecule has 0 bridgehead atoms. The molecule has 1 aliphatic rings. The van der Waals surface area contributed by atoms with E-state index in [2.05, 4.69) is 4.90 Å². The minimum Gasteiger partial charge on any atom is -0.345 e. The zero-order chi connectivity index (χ0) is 22.3. The highest BCUT2D eigenvalue weighted by Crippen LogP contribution is 2.33. The number of rotatable bonds is 4. The Labute approximate surface area is 197 Å². The van der Waals surface area contributed by atoms with Gasteiger partial charge >= 0.3 is 0 Å². The Kier molecular flexibility index (Phi) is 6.34. The van der Waals surface area contributed by atoms with E-state index in [-0.39, 0.29) is 0 Å². The van der Waals surface area contributed by atoms with Gasteiger partial charge in [-0.2, -0.15) is 4.31 Å². The Bertz CT molecular complexity index is 1210. The lowest BCUT2D eigenvalue weighted by Crippen LogP contribution is -2.48. The summed E-state index contributed by atoms with van der Waals surface area (Å²) in [5, 5.41) is 3.86. The summed E-state index contributed by atoms with van der Waals surface area (Å²) in [6.07, 6.45) is 0. The lowest BCUT2D eigenvalue weighted by Gasteiger charge is -2.34. The number of hydrogen-bond acceptors (Lipinski definition) is 5. The molecule has 31 heavy (non-hydrogen) atoms. The molecule has 1 fully saturated rings. The Morgan fingerprint density at radius 1 is 0.935 bits per heavy atom. The predicted molar refractivity (Wildman–Crippen MR) is 129 cm³/mol. The molecule has 1 aromatic heterocycles. The summed E-state index contributed by atoms with van der Waals surface area (Å²) in [6.45, 7) is 7.75. The zero-order valence-corrected chi connectivity index (χ0v) is 20.7. The Hall–Kier alpha value is -1.64. The average Bonchev–Trinajstić information content (AvgIpc) is 3.19. The summed E-state index contributed by atoms with van der Waals surface area (Å²) < 4.78 is 28.2. The number of anilines is 1. The largest absolute Gasteiger partial charge is 0.345 e. The number of hydrogen-bond donors (Lipinski definition) is 0. The predicted octanol–water partition coefficient (Wildman–Crippen LogP) is 5.55. The molecule has 5 nitrogen and oxygen atoms in total. The normalized spacial score (nSPS) is 15.5. The molecule has 3 aromatic rings. The van der Waals surface area contributed by atoms with Crippen molar-refractivity contribution >= 4 is 49.7 Å². The van der Waals surface area contributed by atoms with Gasteiger partial charge < -0.3 is 4.90 Å². The number of halogens is 2. The molecule has 2 aromatic carbocycles. The average molecular weight is 496 g/mol. The van der Waals surface area contributed by atoms with Crippen LogP contribution in [0.5, 0.6) is 0 Å². The maximum atomic E-state index is 13.3. The van der Waals surface area contributed by atoms with Crippen molar-refractivity contribution in [1.82, 2.24) is 9.29 Å². The van der Waals surface area contributed by atoms with Crippen molar-refractivity contribution in [2.75, 3.05) is 31.1 Å². The number of thiazole rings is 1. The number of benzene rings is 2. The molecular formula is C22H23Cl2N3O2S2. The van der Waals surface area contributed by atoms with E-state index < -0.39 is 10.0 Å². The summed E-state index contributed by atoms with van der Waals surface area (Å²) in [6, 6.07) is 9.31. The van der Waals surface area contributed by atoms with Gasteiger partial charge in [0.15, 0.2) is 5.13 Å². The van der Waals surface area contributed by atoms with Crippen LogP contribution in [0.3, 0.4) is 0 Å². The lowest BCUT2D eigenvalue weighted by atomic mass is 10.1. The van der Waals surface area contributed by atoms with E-state index in [1.807, 2.05) is 44.4 Å². The number of sulfonamides is 1. The third-order valence-electron chi connectivity index (χ3n) is 5.42. The van der Waals surface area contributed by atoms with E-state index >= 15 is 0 Å². The number of aryl methyl sites for hydroxylation is 3. The van der Waals surface area contributed by atoms with Gasteiger partial charge in [0.25, 0.3) is 0 Å². The summed E-state index contributed by atoms with van der Waals surface area (Å²) >= 11 is 13.7. The Balaban J connectivity index is 1.49. The van der Waals surface area contributed by atoms with Gasteiger partial charge in [-0.15, -0.1) is 11.3 Å². The molecule has 164 valence electrons. The Morgan fingerprint density at radius 2 is 1.58 bits per heavy atom. The van der Waals surface area contributed by atoms with Gasteiger partial charge in [-0.05, 0) is 44.0 Å². The van der Waals surface area contributed by atoms with Crippen molar-refractivity contribution in [1.29, 1.82) is 0 Å². The van der Waals surface area contributed by atoms with E-state index in [0.29, 0.717) is 41.1 Å². The van der Waals surface area contributed by atoms with Gasteiger partial charge in [0.1, 0.15) is 0 Å².